The number of rotatable bonds is 10. The number of unbranched alkanes of at least 4 members (excludes halogenated alkanes) is 1. The molecule has 2 amide bonds. The summed E-state index contributed by atoms with van der Waals surface area (Å²) in [6, 6.07) is 6.55. The van der Waals surface area contributed by atoms with E-state index in [1.54, 1.807) is 24.3 Å². The molecule has 0 saturated carbocycles. The van der Waals surface area contributed by atoms with Crippen LogP contribution in [0, 0.1) is 0 Å². The monoisotopic (exact) mass is 426 g/mol. The van der Waals surface area contributed by atoms with E-state index in [9.17, 15) is 22.8 Å². The highest BCUT2D eigenvalue weighted by atomic mass is 19.4. The molecule has 7 nitrogen and oxygen atoms in total. The van der Waals surface area contributed by atoms with Crippen LogP contribution in [-0.2, 0) is 17.9 Å². The minimum absolute atomic E-state index is 0.105. The molecule has 30 heavy (non-hydrogen) atoms. The number of imidazole rings is 1. The third kappa shape index (κ3) is 7.41. The summed E-state index contributed by atoms with van der Waals surface area (Å²) in [5.41, 5.74) is 0.369. The van der Waals surface area contributed by atoms with Crippen LogP contribution in [0.5, 0.6) is 5.75 Å². The van der Waals surface area contributed by atoms with Crippen LogP contribution < -0.4 is 10.1 Å². The Hall–Kier alpha value is -3.04. The summed E-state index contributed by atoms with van der Waals surface area (Å²) in [4.78, 5) is 29.5. The fourth-order valence-electron chi connectivity index (χ4n) is 2.56. The minimum atomic E-state index is -4.39. The average Bonchev–Trinajstić information content (AvgIpc) is 3.11. The Bertz CT molecular complexity index is 835. The Labute approximate surface area is 172 Å². The molecule has 0 aliphatic carbocycles. The van der Waals surface area contributed by atoms with Gasteiger partial charge >= 0.3 is 6.18 Å². The summed E-state index contributed by atoms with van der Waals surface area (Å²) < 4.78 is 44.2. The van der Waals surface area contributed by atoms with Crippen molar-refractivity contribution < 1.29 is 27.5 Å². The van der Waals surface area contributed by atoms with Gasteiger partial charge in [-0.1, -0.05) is 13.3 Å². The summed E-state index contributed by atoms with van der Waals surface area (Å²) in [5.74, 6) is -0.127. The van der Waals surface area contributed by atoms with E-state index in [1.165, 1.54) is 24.3 Å². The Balaban J connectivity index is 1.83. The second-order valence-electron chi connectivity index (χ2n) is 6.75. The number of amides is 2. The lowest BCUT2D eigenvalue weighted by molar-refractivity contribution is -0.141. The SMILES string of the molecule is CCCCOc1ccc(C(=O)NCC(=O)N(C)Cc2nccn2CC(F)(F)F)cc1. The van der Waals surface area contributed by atoms with Crippen LogP contribution in [0.3, 0.4) is 0 Å². The highest BCUT2D eigenvalue weighted by molar-refractivity contribution is 5.96. The first-order chi connectivity index (χ1) is 14.2. The van der Waals surface area contributed by atoms with Crippen LogP contribution in [0.2, 0.25) is 0 Å². The van der Waals surface area contributed by atoms with Gasteiger partial charge in [0.15, 0.2) is 0 Å². The summed E-state index contributed by atoms with van der Waals surface area (Å²) in [6.45, 7) is 1.08. The van der Waals surface area contributed by atoms with E-state index in [1.807, 2.05) is 0 Å². The molecular weight excluding hydrogens is 401 g/mol. The van der Waals surface area contributed by atoms with Gasteiger partial charge in [-0.2, -0.15) is 13.2 Å². The number of hydrogen-bond donors (Lipinski definition) is 1. The molecular formula is C20H25F3N4O3. The minimum Gasteiger partial charge on any atom is -0.494 e. The first-order valence-electron chi connectivity index (χ1n) is 9.51. The van der Waals surface area contributed by atoms with Crippen molar-refractivity contribution in [3.8, 4) is 5.75 Å². The first kappa shape index (κ1) is 23.2. The van der Waals surface area contributed by atoms with Gasteiger partial charge < -0.3 is 19.5 Å². The first-order valence-corrected chi connectivity index (χ1v) is 9.51. The zero-order chi connectivity index (χ0) is 22.1. The van der Waals surface area contributed by atoms with Gasteiger partial charge in [0.2, 0.25) is 5.91 Å². The van der Waals surface area contributed by atoms with Gasteiger partial charge in [-0.05, 0) is 30.7 Å². The number of likely N-dealkylation sites (N-methyl/N-ethyl adjacent to an activating group) is 1. The van der Waals surface area contributed by atoms with Crippen molar-refractivity contribution in [2.75, 3.05) is 20.2 Å². The highest BCUT2D eigenvalue weighted by Crippen LogP contribution is 2.18. The van der Waals surface area contributed by atoms with Crippen molar-refractivity contribution in [1.82, 2.24) is 19.8 Å². The largest absolute Gasteiger partial charge is 0.494 e. The lowest BCUT2D eigenvalue weighted by atomic mass is 10.2. The molecule has 0 radical (unpaired) electrons. The normalized spacial score (nSPS) is 11.2. The molecule has 1 aromatic heterocycles. The zero-order valence-electron chi connectivity index (χ0n) is 16.9. The maximum Gasteiger partial charge on any atom is 0.406 e. The molecule has 2 rings (SSSR count). The molecule has 1 N–H and O–H groups in total. The molecule has 2 aromatic rings. The fraction of sp³-hybridized carbons (Fsp3) is 0.450. The molecule has 0 atom stereocenters. The van der Waals surface area contributed by atoms with E-state index in [0.717, 1.165) is 17.4 Å². The van der Waals surface area contributed by atoms with Gasteiger partial charge in [0.1, 0.15) is 18.1 Å². The molecule has 10 heteroatoms. The van der Waals surface area contributed by atoms with Crippen molar-refractivity contribution in [2.24, 2.45) is 0 Å². The third-order valence-corrected chi connectivity index (χ3v) is 4.24. The van der Waals surface area contributed by atoms with Gasteiger partial charge in [-0.3, -0.25) is 9.59 Å². The van der Waals surface area contributed by atoms with E-state index in [0.29, 0.717) is 17.9 Å². The summed E-state index contributed by atoms with van der Waals surface area (Å²) in [7, 11) is 1.43. The number of benzene rings is 1. The Kier molecular flexibility index (Phi) is 8.25. The Morgan fingerprint density at radius 2 is 1.93 bits per heavy atom. The molecule has 0 aliphatic heterocycles. The van der Waals surface area contributed by atoms with Gasteiger partial charge in [0.05, 0.1) is 19.7 Å². The fourth-order valence-corrected chi connectivity index (χ4v) is 2.56. The second-order valence-corrected chi connectivity index (χ2v) is 6.75. The van der Waals surface area contributed by atoms with Crippen LogP contribution in [0.4, 0.5) is 13.2 Å². The summed E-state index contributed by atoms with van der Waals surface area (Å²) >= 11 is 0. The number of nitrogens with one attached hydrogen (secondary N) is 1. The van der Waals surface area contributed by atoms with Crippen molar-refractivity contribution in [1.29, 1.82) is 0 Å². The van der Waals surface area contributed by atoms with Crippen molar-refractivity contribution in [2.45, 2.75) is 39.0 Å². The predicted octanol–water partition coefficient (Wildman–Crippen LogP) is 3.01. The molecule has 1 aromatic carbocycles. The van der Waals surface area contributed by atoms with Gasteiger partial charge in [-0.25, -0.2) is 4.98 Å². The van der Waals surface area contributed by atoms with E-state index in [2.05, 4.69) is 17.2 Å². The maximum absolute atomic E-state index is 12.6. The average molecular weight is 426 g/mol. The van der Waals surface area contributed by atoms with Gasteiger partial charge in [-0.15, -0.1) is 0 Å². The summed E-state index contributed by atoms with van der Waals surface area (Å²) in [6.07, 6.45) is 0.0272. The molecule has 0 bridgehead atoms. The Morgan fingerprint density at radius 3 is 2.57 bits per heavy atom. The van der Waals surface area contributed by atoms with Crippen molar-refractivity contribution in [3.05, 3.63) is 48.0 Å². The second kappa shape index (κ2) is 10.7. The number of carbonyl (C=O) groups is 2. The Morgan fingerprint density at radius 1 is 1.23 bits per heavy atom. The summed E-state index contributed by atoms with van der Waals surface area (Å²) in [5, 5.41) is 2.51. The predicted molar refractivity (Wildman–Crippen MR) is 104 cm³/mol. The quantitative estimate of drug-likeness (QED) is 0.593. The van der Waals surface area contributed by atoms with E-state index in [4.69, 9.17) is 4.74 Å². The number of nitrogens with zero attached hydrogens (tertiary/aromatic N) is 3. The number of halogens is 3. The lowest BCUT2D eigenvalue weighted by Gasteiger charge is -2.18. The maximum atomic E-state index is 12.6. The van der Waals surface area contributed by atoms with Crippen molar-refractivity contribution in [3.63, 3.8) is 0 Å². The smallest absolute Gasteiger partial charge is 0.406 e. The number of carbonyl (C=O) groups excluding carboxylic acids is 2. The zero-order valence-corrected chi connectivity index (χ0v) is 16.9. The van der Waals surface area contributed by atoms with Crippen LogP contribution in [0.25, 0.3) is 0 Å². The van der Waals surface area contributed by atoms with Crippen LogP contribution in [0.15, 0.2) is 36.7 Å². The standard InChI is InChI=1S/C20H25F3N4O3/c1-3-4-11-30-16-7-5-15(6-8-16)19(29)25-12-18(28)26(2)13-17-24-9-10-27(17)14-20(21,22)23/h5-10H,3-4,11-14H2,1-2H3,(H,25,29). The van der Waals surface area contributed by atoms with E-state index in [-0.39, 0.29) is 18.9 Å². The third-order valence-electron chi connectivity index (χ3n) is 4.24. The van der Waals surface area contributed by atoms with E-state index >= 15 is 0 Å². The molecule has 0 spiro atoms. The van der Waals surface area contributed by atoms with Crippen LogP contribution >= 0.6 is 0 Å². The molecule has 0 fully saturated rings. The molecule has 0 saturated heterocycles. The topological polar surface area (TPSA) is 76.5 Å². The van der Waals surface area contributed by atoms with Crippen molar-refractivity contribution >= 4 is 11.8 Å². The van der Waals surface area contributed by atoms with Gasteiger partial charge in [0, 0.05) is 25.0 Å². The lowest BCUT2D eigenvalue weighted by Crippen LogP contribution is -2.38. The van der Waals surface area contributed by atoms with E-state index < -0.39 is 24.5 Å². The van der Waals surface area contributed by atoms with Crippen LogP contribution in [-0.4, -0.2) is 52.6 Å². The van der Waals surface area contributed by atoms with Gasteiger partial charge in [0.25, 0.3) is 5.91 Å². The molecule has 0 aliphatic rings. The molecule has 164 valence electrons. The number of ether oxygens (including phenoxy) is 1. The number of alkyl halides is 3. The highest BCUT2D eigenvalue weighted by Gasteiger charge is 2.29. The number of aromatic nitrogens is 2. The molecule has 0 unspecified atom stereocenters. The number of hydrogen-bond acceptors (Lipinski definition) is 4. The molecule has 1 heterocycles. The van der Waals surface area contributed by atoms with Crippen LogP contribution in [0.1, 0.15) is 35.9 Å².